The second-order valence-corrected chi connectivity index (χ2v) is 5.01. The molecule has 18 heavy (non-hydrogen) atoms. The first kappa shape index (κ1) is 15.0. The Hall–Kier alpha value is -1.10. The van der Waals surface area contributed by atoms with E-state index in [4.69, 9.17) is 4.74 Å². The van der Waals surface area contributed by atoms with Gasteiger partial charge in [-0.15, -0.1) is 0 Å². The molecule has 0 aromatic heterocycles. The van der Waals surface area contributed by atoms with Crippen LogP contribution in [-0.4, -0.2) is 49.1 Å². The zero-order valence-corrected chi connectivity index (χ0v) is 11.7. The molecule has 3 unspecified atom stereocenters. The van der Waals surface area contributed by atoms with Crippen molar-refractivity contribution in [3.05, 3.63) is 0 Å². The molecule has 1 aliphatic heterocycles. The smallest absolute Gasteiger partial charge is 0.245 e. The summed E-state index contributed by atoms with van der Waals surface area (Å²) in [6, 6.07) is -0.394. The highest BCUT2D eigenvalue weighted by Crippen LogP contribution is 2.14. The van der Waals surface area contributed by atoms with Crippen molar-refractivity contribution < 1.29 is 14.3 Å². The van der Waals surface area contributed by atoms with Crippen LogP contribution in [0.15, 0.2) is 0 Å². The number of hydrogen-bond acceptors (Lipinski definition) is 3. The summed E-state index contributed by atoms with van der Waals surface area (Å²) < 4.78 is 5.19. The quantitative estimate of drug-likeness (QED) is 0.791. The van der Waals surface area contributed by atoms with E-state index in [0.717, 1.165) is 6.42 Å². The number of methoxy groups -OCH3 is 1. The minimum Gasteiger partial charge on any atom is -0.380 e. The monoisotopic (exact) mass is 256 g/mol. The molecule has 5 nitrogen and oxygen atoms in total. The van der Waals surface area contributed by atoms with E-state index in [1.807, 2.05) is 20.8 Å². The molecule has 0 spiro atoms. The van der Waals surface area contributed by atoms with Crippen LogP contribution < -0.4 is 5.32 Å². The van der Waals surface area contributed by atoms with E-state index in [2.05, 4.69) is 5.32 Å². The van der Waals surface area contributed by atoms with Gasteiger partial charge < -0.3 is 15.0 Å². The first-order chi connectivity index (χ1) is 8.49. The van der Waals surface area contributed by atoms with E-state index < -0.39 is 6.04 Å². The molecule has 1 aliphatic rings. The summed E-state index contributed by atoms with van der Waals surface area (Å²) in [4.78, 5) is 25.8. The number of rotatable bonds is 5. The fourth-order valence-corrected chi connectivity index (χ4v) is 2.04. The van der Waals surface area contributed by atoms with Crippen molar-refractivity contribution in [2.24, 2.45) is 5.92 Å². The van der Waals surface area contributed by atoms with E-state index >= 15 is 0 Å². The summed E-state index contributed by atoms with van der Waals surface area (Å²) in [5.41, 5.74) is 0. The number of nitrogens with one attached hydrogen (secondary N) is 1. The van der Waals surface area contributed by atoms with Crippen molar-refractivity contribution in [1.29, 1.82) is 0 Å². The predicted octanol–water partition coefficient (Wildman–Crippen LogP) is 0.785. The minimum absolute atomic E-state index is 0.0131. The Bertz CT molecular complexity index is 307. The molecule has 2 amide bonds. The third-order valence-electron chi connectivity index (χ3n) is 3.60. The highest BCUT2D eigenvalue weighted by atomic mass is 16.5. The fraction of sp³-hybridized carbons (Fsp3) is 0.846. The van der Waals surface area contributed by atoms with E-state index in [-0.39, 0.29) is 23.8 Å². The maximum absolute atomic E-state index is 12.4. The zero-order chi connectivity index (χ0) is 13.7. The van der Waals surface area contributed by atoms with Crippen LogP contribution in [0.1, 0.15) is 33.6 Å². The molecule has 0 bridgehead atoms. The van der Waals surface area contributed by atoms with Crippen LogP contribution in [0.4, 0.5) is 0 Å². The van der Waals surface area contributed by atoms with Gasteiger partial charge in [0, 0.05) is 26.6 Å². The molecular formula is C13H24N2O3. The minimum atomic E-state index is -0.394. The molecule has 0 saturated carbocycles. The van der Waals surface area contributed by atoms with Gasteiger partial charge in [-0.25, -0.2) is 0 Å². The van der Waals surface area contributed by atoms with Gasteiger partial charge in [-0.05, 0) is 12.8 Å². The van der Waals surface area contributed by atoms with Gasteiger partial charge in [0.05, 0.1) is 6.10 Å². The molecule has 1 N–H and O–H groups in total. The summed E-state index contributed by atoms with van der Waals surface area (Å²) in [6.45, 7) is 6.96. The van der Waals surface area contributed by atoms with E-state index in [0.29, 0.717) is 19.5 Å². The van der Waals surface area contributed by atoms with Crippen molar-refractivity contribution in [1.82, 2.24) is 10.2 Å². The number of ether oxygens (including phenoxy) is 1. The molecule has 0 aromatic carbocycles. The largest absolute Gasteiger partial charge is 0.380 e. The van der Waals surface area contributed by atoms with Gasteiger partial charge in [0.1, 0.15) is 6.04 Å². The van der Waals surface area contributed by atoms with E-state index in [1.54, 1.807) is 12.0 Å². The molecule has 3 atom stereocenters. The third-order valence-corrected chi connectivity index (χ3v) is 3.60. The Morgan fingerprint density at radius 3 is 2.67 bits per heavy atom. The summed E-state index contributed by atoms with van der Waals surface area (Å²) in [5.74, 6) is 0.125. The lowest BCUT2D eigenvalue weighted by molar-refractivity contribution is -0.136. The zero-order valence-electron chi connectivity index (χ0n) is 11.7. The molecule has 104 valence electrons. The summed E-state index contributed by atoms with van der Waals surface area (Å²) in [6.07, 6.45) is 1.22. The molecule has 1 rings (SSSR count). The first-order valence-corrected chi connectivity index (χ1v) is 6.60. The SMILES string of the molecule is CCC(C)C1NC(=O)CCN(CC(C)OC)C1=O. The molecule has 0 aromatic rings. The van der Waals surface area contributed by atoms with Crippen LogP contribution in [0.5, 0.6) is 0 Å². The van der Waals surface area contributed by atoms with Gasteiger partial charge >= 0.3 is 0 Å². The van der Waals surface area contributed by atoms with Crippen molar-refractivity contribution in [2.75, 3.05) is 20.2 Å². The normalized spacial score (nSPS) is 24.4. The van der Waals surface area contributed by atoms with Crippen LogP contribution >= 0.6 is 0 Å². The molecule has 0 aliphatic carbocycles. The number of nitrogens with zero attached hydrogens (tertiary/aromatic N) is 1. The molecular weight excluding hydrogens is 232 g/mol. The maximum atomic E-state index is 12.4. The number of carbonyl (C=O) groups excluding carboxylic acids is 2. The Balaban J connectivity index is 2.79. The lowest BCUT2D eigenvalue weighted by atomic mass is 9.98. The molecule has 1 saturated heterocycles. The topological polar surface area (TPSA) is 58.6 Å². The third kappa shape index (κ3) is 3.70. The van der Waals surface area contributed by atoms with Gasteiger partial charge in [0.25, 0.3) is 0 Å². The van der Waals surface area contributed by atoms with Gasteiger partial charge in [-0.1, -0.05) is 20.3 Å². The second-order valence-electron chi connectivity index (χ2n) is 5.01. The average molecular weight is 256 g/mol. The van der Waals surface area contributed by atoms with Crippen LogP contribution in [0.3, 0.4) is 0 Å². The lowest BCUT2D eigenvalue weighted by Crippen LogP contribution is -2.49. The van der Waals surface area contributed by atoms with Gasteiger partial charge in [0.2, 0.25) is 11.8 Å². The predicted molar refractivity (Wildman–Crippen MR) is 69.1 cm³/mol. The molecule has 1 fully saturated rings. The first-order valence-electron chi connectivity index (χ1n) is 6.60. The van der Waals surface area contributed by atoms with Crippen LogP contribution in [-0.2, 0) is 14.3 Å². The molecule has 5 heteroatoms. The number of hydrogen-bond donors (Lipinski definition) is 1. The summed E-state index contributed by atoms with van der Waals surface area (Å²) in [5, 5.41) is 2.83. The van der Waals surface area contributed by atoms with Crippen LogP contribution in [0, 0.1) is 5.92 Å². The van der Waals surface area contributed by atoms with Gasteiger partial charge in [0.15, 0.2) is 0 Å². The van der Waals surface area contributed by atoms with E-state index in [9.17, 15) is 9.59 Å². The van der Waals surface area contributed by atoms with E-state index in [1.165, 1.54) is 0 Å². The highest BCUT2D eigenvalue weighted by Gasteiger charge is 2.33. The Morgan fingerprint density at radius 2 is 2.11 bits per heavy atom. The number of carbonyl (C=O) groups is 2. The standard InChI is InChI=1S/C13H24N2O3/c1-5-9(2)12-13(17)15(8-10(3)18-4)7-6-11(16)14-12/h9-10,12H,5-8H2,1-4H3,(H,14,16). The summed E-state index contributed by atoms with van der Waals surface area (Å²) >= 11 is 0. The Morgan fingerprint density at radius 1 is 1.44 bits per heavy atom. The molecule has 1 heterocycles. The Labute approximate surface area is 109 Å². The van der Waals surface area contributed by atoms with Crippen molar-refractivity contribution >= 4 is 11.8 Å². The number of amides is 2. The van der Waals surface area contributed by atoms with Crippen molar-refractivity contribution in [3.8, 4) is 0 Å². The second kappa shape index (κ2) is 6.73. The fourth-order valence-electron chi connectivity index (χ4n) is 2.04. The van der Waals surface area contributed by atoms with Gasteiger partial charge in [-0.3, -0.25) is 9.59 Å². The van der Waals surface area contributed by atoms with Crippen molar-refractivity contribution in [3.63, 3.8) is 0 Å². The average Bonchev–Trinajstić information content (AvgIpc) is 2.50. The van der Waals surface area contributed by atoms with Crippen molar-refractivity contribution in [2.45, 2.75) is 45.8 Å². The maximum Gasteiger partial charge on any atom is 0.245 e. The molecule has 0 radical (unpaired) electrons. The summed E-state index contributed by atoms with van der Waals surface area (Å²) in [7, 11) is 1.63. The van der Waals surface area contributed by atoms with Gasteiger partial charge in [-0.2, -0.15) is 0 Å². The lowest BCUT2D eigenvalue weighted by Gasteiger charge is -2.28. The highest BCUT2D eigenvalue weighted by molar-refractivity contribution is 5.90. The van der Waals surface area contributed by atoms with Crippen LogP contribution in [0.2, 0.25) is 0 Å². The Kier molecular flexibility index (Phi) is 5.59. The van der Waals surface area contributed by atoms with Crippen LogP contribution in [0.25, 0.3) is 0 Å².